The molecule has 3 rings (SSSR count). The molecular formula is C12H19N5OS. The second-order valence-corrected chi connectivity index (χ2v) is 5.85. The van der Waals surface area contributed by atoms with Crippen molar-refractivity contribution in [2.75, 3.05) is 19.8 Å². The van der Waals surface area contributed by atoms with E-state index in [0.29, 0.717) is 5.92 Å². The largest absolute Gasteiger partial charge is 0.381 e. The van der Waals surface area contributed by atoms with Crippen molar-refractivity contribution in [1.82, 2.24) is 25.1 Å². The summed E-state index contributed by atoms with van der Waals surface area (Å²) in [5.41, 5.74) is 0. The Morgan fingerprint density at radius 1 is 1.42 bits per heavy atom. The average molecular weight is 281 g/mol. The first-order valence-electron chi connectivity index (χ1n) is 6.82. The Balaban J connectivity index is 1.89. The average Bonchev–Trinajstić information content (AvgIpc) is 2.99. The third kappa shape index (κ3) is 2.50. The second kappa shape index (κ2) is 5.52. The Morgan fingerprint density at radius 3 is 2.95 bits per heavy atom. The highest BCUT2D eigenvalue weighted by molar-refractivity contribution is 7.16. The molecule has 1 saturated heterocycles. The van der Waals surface area contributed by atoms with E-state index in [0.717, 1.165) is 48.4 Å². The van der Waals surface area contributed by atoms with Crippen LogP contribution in [0.15, 0.2) is 0 Å². The number of rotatable bonds is 4. The summed E-state index contributed by atoms with van der Waals surface area (Å²) >= 11 is 1.61. The SMILES string of the molecule is CCNC(C)c1nn2c(C3CCOCC3)nnc2s1. The van der Waals surface area contributed by atoms with Gasteiger partial charge in [0, 0.05) is 19.1 Å². The molecule has 1 atom stereocenters. The third-order valence-corrected chi connectivity index (χ3v) is 4.58. The maximum atomic E-state index is 5.40. The predicted octanol–water partition coefficient (Wildman–Crippen LogP) is 1.75. The Hall–Kier alpha value is -1.05. The van der Waals surface area contributed by atoms with Crippen molar-refractivity contribution < 1.29 is 4.74 Å². The molecule has 0 saturated carbocycles. The number of nitrogens with zero attached hydrogens (tertiary/aromatic N) is 4. The highest BCUT2D eigenvalue weighted by Gasteiger charge is 2.23. The van der Waals surface area contributed by atoms with Gasteiger partial charge in [0.1, 0.15) is 5.01 Å². The van der Waals surface area contributed by atoms with Crippen LogP contribution >= 0.6 is 11.3 Å². The van der Waals surface area contributed by atoms with Crippen molar-refractivity contribution in [3.05, 3.63) is 10.8 Å². The second-order valence-electron chi connectivity index (χ2n) is 4.86. The molecule has 19 heavy (non-hydrogen) atoms. The van der Waals surface area contributed by atoms with Gasteiger partial charge in [-0.1, -0.05) is 18.3 Å². The van der Waals surface area contributed by atoms with Gasteiger partial charge < -0.3 is 10.1 Å². The molecule has 1 aliphatic heterocycles. The minimum Gasteiger partial charge on any atom is -0.381 e. The number of fused-ring (bicyclic) bond motifs is 1. The van der Waals surface area contributed by atoms with E-state index in [4.69, 9.17) is 4.74 Å². The van der Waals surface area contributed by atoms with E-state index < -0.39 is 0 Å². The molecule has 1 unspecified atom stereocenters. The third-order valence-electron chi connectivity index (χ3n) is 3.50. The first kappa shape index (κ1) is 13.0. The number of nitrogens with one attached hydrogen (secondary N) is 1. The summed E-state index contributed by atoms with van der Waals surface area (Å²) in [7, 11) is 0. The van der Waals surface area contributed by atoms with Crippen LogP contribution in [0, 0.1) is 0 Å². The monoisotopic (exact) mass is 281 g/mol. The lowest BCUT2D eigenvalue weighted by Crippen LogP contribution is -2.19. The zero-order valence-corrected chi connectivity index (χ0v) is 12.1. The normalized spacial score (nSPS) is 19.1. The van der Waals surface area contributed by atoms with E-state index in [1.807, 2.05) is 4.52 Å². The molecule has 1 N–H and O–H groups in total. The van der Waals surface area contributed by atoms with Gasteiger partial charge in [-0.05, 0) is 26.3 Å². The van der Waals surface area contributed by atoms with Crippen molar-refractivity contribution in [2.24, 2.45) is 0 Å². The molecule has 7 heteroatoms. The van der Waals surface area contributed by atoms with Gasteiger partial charge in [-0.2, -0.15) is 9.61 Å². The zero-order valence-electron chi connectivity index (χ0n) is 11.3. The van der Waals surface area contributed by atoms with Gasteiger partial charge in [-0.15, -0.1) is 10.2 Å². The van der Waals surface area contributed by atoms with Crippen LogP contribution < -0.4 is 5.32 Å². The van der Waals surface area contributed by atoms with Crippen molar-refractivity contribution in [2.45, 2.75) is 38.6 Å². The van der Waals surface area contributed by atoms with Crippen LogP contribution in [0.4, 0.5) is 0 Å². The van der Waals surface area contributed by atoms with E-state index >= 15 is 0 Å². The van der Waals surface area contributed by atoms with Gasteiger partial charge >= 0.3 is 0 Å². The smallest absolute Gasteiger partial charge is 0.234 e. The van der Waals surface area contributed by atoms with Gasteiger partial charge in [0.15, 0.2) is 5.82 Å². The molecule has 6 nitrogen and oxygen atoms in total. The molecule has 0 radical (unpaired) electrons. The zero-order chi connectivity index (χ0) is 13.2. The minimum absolute atomic E-state index is 0.263. The van der Waals surface area contributed by atoms with Crippen molar-refractivity contribution in [3.63, 3.8) is 0 Å². The van der Waals surface area contributed by atoms with Gasteiger partial charge in [-0.3, -0.25) is 0 Å². The van der Waals surface area contributed by atoms with Crippen LogP contribution in [0.5, 0.6) is 0 Å². The molecule has 0 amide bonds. The molecule has 104 valence electrons. The standard InChI is InChI=1S/C12H19N5OS/c1-3-13-8(2)11-16-17-10(14-15-12(17)19-11)9-4-6-18-7-5-9/h8-9,13H,3-7H2,1-2H3. The lowest BCUT2D eigenvalue weighted by Gasteiger charge is -2.19. The maximum absolute atomic E-state index is 5.40. The van der Waals surface area contributed by atoms with Crippen LogP contribution in [-0.4, -0.2) is 39.6 Å². The summed E-state index contributed by atoms with van der Waals surface area (Å²) in [6.07, 6.45) is 2.02. The van der Waals surface area contributed by atoms with Crippen molar-refractivity contribution in [3.8, 4) is 0 Å². The summed E-state index contributed by atoms with van der Waals surface area (Å²) in [6, 6.07) is 0.263. The van der Waals surface area contributed by atoms with Crippen molar-refractivity contribution >= 4 is 16.3 Å². The summed E-state index contributed by atoms with van der Waals surface area (Å²) in [6.45, 7) is 6.79. The quantitative estimate of drug-likeness (QED) is 0.925. The van der Waals surface area contributed by atoms with E-state index in [2.05, 4.69) is 34.5 Å². The molecule has 0 spiro atoms. The molecular weight excluding hydrogens is 262 g/mol. The summed E-state index contributed by atoms with van der Waals surface area (Å²) in [5.74, 6) is 1.41. The van der Waals surface area contributed by atoms with Gasteiger partial charge in [0.2, 0.25) is 4.96 Å². The Bertz CT molecular complexity index is 545. The lowest BCUT2D eigenvalue weighted by molar-refractivity contribution is 0.0831. The first-order chi connectivity index (χ1) is 9.29. The van der Waals surface area contributed by atoms with Crippen LogP contribution in [0.25, 0.3) is 4.96 Å². The van der Waals surface area contributed by atoms with E-state index in [9.17, 15) is 0 Å². The fourth-order valence-electron chi connectivity index (χ4n) is 2.43. The number of hydrogen-bond donors (Lipinski definition) is 1. The molecule has 1 fully saturated rings. The van der Waals surface area contributed by atoms with Gasteiger partial charge in [0.05, 0.1) is 6.04 Å². The minimum atomic E-state index is 0.263. The molecule has 0 aliphatic carbocycles. The molecule has 2 aromatic heterocycles. The number of ether oxygens (including phenoxy) is 1. The van der Waals surface area contributed by atoms with Gasteiger partial charge in [-0.25, -0.2) is 0 Å². The van der Waals surface area contributed by atoms with Crippen molar-refractivity contribution in [1.29, 1.82) is 0 Å². The summed E-state index contributed by atoms with van der Waals surface area (Å²) < 4.78 is 7.32. The van der Waals surface area contributed by atoms with Crippen LogP contribution in [0.1, 0.15) is 49.5 Å². The Labute approximate surface area is 116 Å². The van der Waals surface area contributed by atoms with E-state index in [-0.39, 0.29) is 6.04 Å². The summed E-state index contributed by atoms with van der Waals surface area (Å²) in [4.78, 5) is 0.890. The van der Waals surface area contributed by atoms with Crippen LogP contribution in [0.3, 0.4) is 0 Å². The molecule has 2 aromatic rings. The maximum Gasteiger partial charge on any atom is 0.234 e. The van der Waals surface area contributed by atoms with Gasteiger partial charge in [0.25, 0.3) is 0 Å². The number of hydrogen-bond acceptors (Lipinski definition) is 6. The predicted molar refractivity (Wildman–Crippen MR) is 73.5 cm³/mol. The summed E-state index contributed by atoms with van der Waals surface area (Å²) in [5, 5.41) is 17.7. The van der Waals surface area contributed by atoms with Crippen LogP contribution in [-0.2, 0) is 4.74 Å². The highest BCUT2D eigenvalue weighted by Crippen LogP contribution is 2.28. The topological polar surface area (TPSA) is 64.3 Å². The highest BCUT2D eigenvalue weighted by atomic mass is 32.1. The fraction of sp³-hybridized carbons (Fsp3) is 0.750. The first-order valence-corrected chi connectivity index (χ1v) is 7.64. The fourth-order valence-corrected chi connectivity index (χ4v) is 3.30. The van der Waals surface area contributed by atoms with E-state index in [1.54, 1.807) is 11.3 Å². The van der Waals surface area contributed by atoms with Crippen LogP contribution in [0.2, 0.25) is 0 Å². The molecule has 3 heterocycles. The molecule has 0 bridgehead atoms. The van der Waals surface area contributed by atoms with E-state index in [1.165, 1.54) is 0 Å². The number of aromatic nitrogens is 4. The Morgan fingerprint density at radius 2 is 2.21 bits per heavy atom. The Kier molecular flexibility index (Phi) is 3.76. The molecule has 0 aromatic carbocycles. The molecule has 1 aliphatic rings. The lowest BCUT2D eigenvalue weighted by atomic mass is 10.00.